The second-order valence-electron chi connectivity index (χ2n) is 6.53. The molecule has 0 amide bonds. The van der Waals surface area contributed by atoms with Gasteiger partial charge in [0.15, 0.2) is 5.76 Å². The first-order valence-corrected chi connectivity index (χ1v) is 10.1. The number of hydrogen-bond acceptors (Lipinski definition) is 5. The second-order valence-corrected chi connectivity index (χ2v) is 7.61. The molecule has 0 saturated carbocycles. The number of benzene rings is 1. The van der Waals surface area contributed by atoms with Crippen LogP contribution in [0.4, 0.5) is 18.0 Å². The number of ether oxygens (including phenoxy) is 2. The number of rotatable bonds is 10. The molecule has 1 heterocycles. The predicted molar refractivity (Wildman–Crippen MR) is 105 cm³/mol. The number of methoxy groups -OCH3 is 1. The molecule has 1 aliphatic rings. The van der Waals surface area contributed by atoms with E-state index in [1.807, 2.05) is 11.8 Å². The molecule has 2 rings (SSSR count). The van der Waals surface area contributed by atoms with Gasteiger partial charge in [0.25, 0.3) is 5.92 Å². The number of alkyl halides is 2. The van der Waals surface area contributed by atoms with Crippen LogP contribution in [0.3, 0.4) is 0 Å². The fourth-order valence-corrected chi connectivity index (χ4v) is 3.85. The minimum atomic E-state index is -3.13. The summed E-state index contributed by atoms with van der Waals surface area (Å²) in [5, 5.41) is 9.46. The van der Waals surface area contributed by atoms with Crippen molar-refractivity contribution >= 4 is 17.9 Å². The Labute approximate surface area is 172 Å². The topological polar surface area (TPSA) is 59.0 Å². The fourth-order valence-electron chi connectivity index (χ4n) is 2.69. The van der Waals surface area contributed by atoms with Crippen molar-refractivity contribution in [3.8, 4) is 0 Å². The number of halogens is 3. The Bertz CT molecular complexity index is 753. The van der Waals surface area contributed by atoms with Crippen molar-refractivity contribution < 1.29 is 32.5 Å². The summed E-state index contributed by atoms with van der Waals surface area (Å²) in [5.41, 5.74) is -0.259. The summed E-state index contributed by atoms with van der Waals surface area (Å²) in [6.07, 6.45) is 2.02. The highest BCUT2D eigenvalue weighted by Crippen LogP contribution is 2.36. The summed E-state index contributed by atoms with van der Waals surface area (Å²) in [4.78, 5) is 12.9. The minimum absolute atomic E-state index is 0.00110. The van der Waals surface area contributed by atoms with E-state index < -0.39 is 24.3 Å². The van der Waals surface area contributed by atoms with E-state index in [2.05, 4.69) is 0 Å². The molecular weight excluding hydrogens is 407 g/mol. The van der Waals surface area contributed by atoms with E-state index in [1.54, 1.807) is 13.2 Å². The number of thioether (sulfide) groups is 1. The molecule has 29 heavy (non-hydrogen) atoms. The van der Waals surface area contributed by atoms with E-state index in [1.165, 1.54) is 6.08 Å². The first-order chi connectivity index (χ1) is 13.7. The molecule has 0 aliphatic carbocycles. The number of allylic oxidation sites excluding steroid dienone is 1. The summed E-state index contributed by atoms with van der Waals surface area (Å²) in [5.74, 6) is -3.57. The second kappa shape index (κ2) is 10.6. The number of carbonyl (C=O) groups is 1. The smallest absolute Gasteiger partial charge is 0.449 e. The van der Waals surface area contributed by atoms with Crippen LogP contribution in [0.1, 0.15) is 25.3 Å². The van der Waals surface area contributed by atoms with Gasteiger partial charge >= 0.3 is 6.16 Å². The van der Waals surface area contributed by atoms with E-state index in [4.69, 9.17) is 14.6 Å². The first-order valence-electron chi connectivity index (χ1n) is 9.09. The van der Waals surface area contributed by atoms with E-state index in [0.29, 0.717) is 24.5 Å². The quantitative estimate of drug-likeness (QED) is 0.514. The van der Waals surface area contributed by atoms with Gasteiger partial charge in [0.05, 0.1) is 6.10 Å². The third-order valence-electron chi connectivity index (χ3n) is 4.42. The Balaban J connectivity index is 2.08. The van der Waals surface area contributed by atoms with E-state index in [-0.39, 0.29) is 23.2 Å². The molecule has 0 bridgehead atoms. The highest BCUT2D eigenvalue weighted by molar-refractivity contribution is 8.03. The van der Waals surface area contributed by atoms with Gasteiger partial charge in [-0.3, -0.25) is 0 Å². The predicted octanol–water partition coefficient (Wildman–Crippen LogP) is 5.20. The maximum absolute atomic E-state index is 14.4. The average Bonchev–Trinajstić information content (AvgIpc) is 2.67. The van der Waals surface area contributed by atoms with Gasteiger partial charge in [-0.1, -0.05) is 18.2 Å². The van der Waals surface area contributed by atoms with Crippen LogP contribution in [0.25, 0.3) is 0 Å². The van der Waals surface area contributed by atoms with Gasteiger partial charge in [0, 0.05) is 37.9 Å². The molecule has 1 aromatic rings. The summed E-state index contributed by atoms with van der Waals surface area (Å²) in [7, 11) is 1.60. The number of carboxylic acid groups (broad SMARTS) is 1. The molecule has 1 atom stereocenters. The Hall–Kier alpha value is -2.13. The van der Waals surface area contributed by atoms with Crippen LogP contribution in [-0.2, 0) is 15.4 Å². The molecule has 1 N–H and O–H groups in total. The van der Waals surface area contributed by atoms with Crippen molar-refractivity contribution in [2.75, 3.05) is 26.0 Å². The normalized spacial score (nSPS) is 15.6. The zero-order valence-electron chi connectivity index (χ0n) is 16.2. The minimum Gasteiger partial charge on any atom is -0.449 e. The zero-order chi connectivity index (χ0) is 21.4. The Morgan fingerprint density at radius 2 is 2.03 bits per heavy atom. The van der Waals surface area contributed by atoms with Crippen LogP contribution in [0.2, 0.25) is 0 Å². The third kappa shape index (κ3) is 7.01. The SMILES string of the molecule is COC(C)CCN1CC=CC(OC(=O)O)=C1SCCC(F)(F)c1ccc(F)cc1. The van der Waals surface area contributed by atoms with Gasteiger partial charge in [-0.25, -0.2) is 18.0 Å². The average molecular weight is 431 g/mol. The van der Waals surface area contributed by atoms with Crippen LogP contribution in [0, 0.1) is 5.82 Å². The maximum Gasteiger partial charge on any atom is 0.511 e. The molecule has 0 saturated heterocycles. The summed E-state index contributed by atoms with van der Waals surface area (Å²) in [6.45, 7) is 2.98. The van der Waals surface area contributed by atoms with Crippen molar-refractivity contribution in [1.29, 1.82) is 0 Å². The van der Waals surface area contributed by atoms with Gasteiger partial charge in [0.2, 0.25) is 0 Å². The van der Waals surface area contributed by atoms with Gasteiger partial charge in [-0.15, -0.1) is 11.8 Å². The molecule has 5 nitrogen and oxygen atoms in total. The molecule has 1 aliphatic heterocycles. The van der Waals surface area contributed by atoms with Gasteiger partial charge in [-0.05, 0) is 31.6 Å². The molecule has 0 fully saturated rings. The molecule has 0 radical (unpaired) electrons. The van der Waals surface area contributed by atoms with Gasteiger partial charge in [0.1, 0.15) is 10.8 Å². The van der Waals surface area contributed by atoms with E-state index >= 15 is 0 Å². The molecule has 9 heteroatoms. The van der Waals surface area contributed by atoms with E-state index in [0.717, 1.165) is 36.0 Å². The van der Waals surface area contributed by atoms with Crippen molar-refractivity contribution in [1.82, 2.24) is 4.90 Å². The summed E-state index contributed by atoms with van der Waals surface area (Å²) < 4.78 is 51.9. The monoisotopic (exact) mass is 431 g/mol. The fraction of sp³-hybridized carbons (Fsp3) is 0.450. The largest absolute Gasteiger partial charge is 0.511 e. The molecule has 1 aromatic carbocycles. The van der Waals surface area contributed by atoms with Crippen LogP contribution in [0.15, 0.2) is 47.2 Å². The van der Waals surface area contributed by atoms with Crippen molar-refractivity contribution in [3.63, 3.8) is 0 Å². The summed E-state index contributed by atoms with van der Waals surface area (Å²) in [6, 6.07) is 4.14. The molecule has 1 unspecified atom stereocenters. The zero-order valence-corrected chi connectivity index (χ0v) is 17.1. The molecule has 160 valence electrons. The Morgan fingerprint density at radius 1 is 1.34 bits per heavy atom. The highest BCUT2D eigenvalue weighted by atomic mass is 32.2. The van der Waals surface area contributed by atoms with Crippen LogP contribution < -0.4 is 0 Å². The van der Waals surface area contributed by atoms with E-state index in [9.17, 15) is 18.0 Å². The third-order valence-corrected chi connectivity index (χ3v) is 5.56. The first kappa shape index (κ1) is 23.2. The van der Waals surface area contributed by atoms with Crippen molar-refractivity contribution in [2.24, 2.45) is 0 Å². The lowest BCUT2D eigenvalue weighted by Gasteiger charge is -2.30. The lowest BCUT2D eigenvalue weighted by Crippen LogP contribution is -2.29. The Kier molecular flexibility index (Phi) is 8.45. The molecular formula is C20H24F3NO4S. The van der Waals surface area contributed by atoms with Gasteiger partial charge < -0.3 is 19.5 Å². The Morgan fingerprint density at radius 3 is 2.66 bits per heavy atom. The van der Waals surface area contributed by atoms with Crippen molar-refractivity contribution in [3.05, 3.63) is 58.6 Å². The van der Waals surface area contributed by atoms with Crippen molar-refractivity contribution in [2.45, 2.75) is 31.8 Å². The lowest BCUT2D eigenvalue weighted by molar-refractivity contribution is -0.00708. The van der Waals surface area contributed by atoms with Gasteiger partial charge in [-0.2, -0.15) is 0 Å². The van der Waals surface area contributed by atoms with Crippen LogP contribution in [0.5, 0.6) is 0 Å². The van der Waals surface area contributed by atoms with Crippen LogP contribution in [-0.4, -0.2) is 48.2 Å². The number of nitrogens with zero attached hydrogens (tertiary/aromatic N) is 1. The van der Waals surface area contributed by atoms with Crippen LogP contribution >= 0.6 is 11.8 Å². The lowest BCUT2D eigenvalue weighted by atomic mass is 10.1. The maximum atomic E-state index is 14.4. The molecule has 0 spiro atoms. The standard InChI is InChI=1S/C20H24F3NO4S/c1-14(27-2)9-12-24-11-3-4-17(28-19(25)26)18(24)29-13-10-20(22,23)15-5-7-16(21)8-6-15/h3-8,14H,9-13H2,1-2H3,(H,25,26). The highest BCUT2D eigenvalue weighted by Gasteiger charge is 2.32. The number of hydrogen-bond donors (Lipinski definition) is 1. The molecule has 0 aromatic heterocycles. The summed E-state index contributed by atoms with van der Waals surface area (Å²) >= 11 is 1.11.